The molecule has 0 N–H and O–H groups in total. The van der Waals surface area contributed by atoms with Gasteiger partial charge in [0.1, 0.15) is 29.3 Å². The molecule has 0 spiro atoms. The lowest BCUT2D eigenvalue weighted by Crippen LogP contribution is -2.35. The molecule has 0 saturated carbocycles. The molecule has 3 aliphatic rings. The maximum absolute atomic E-state index is 14.8. The minimum Gasteiger partial charge on any atom is -0.451 e. The van der Waals surface area contributed by atoms with Gasteiger partial charge in [0.2, 0.25) is 0 Å². The van der Waals surface area contributed by atoms with E-state index in [4.69, 9.17) is 35.2 Å². The minimum atomic E-state index is -1.26. The quantitative estimate of drug-likeness (QED) is 0.249. The van der Waals surface area contributed by atoms with Crippen LogP contribution in [0.15, 0.2) is 53.5 Å². The van der Waals surface area contributed by atoms with E-state index >= 15 is 0 Å². The summed E-state index contributed by atoms with van der Waals surface area (Å²) in [4.78, 5) is 11.8. The zero-order valence-electron chi connectivity index (χ0n) is 23.1. The topological polar surface area (TPSA) is 74.8 Å². The van der Waals surface area contributed by atoms with Gasteiger partial charge in [0, 0.05) is 29.8 Å². The molecule has 41 heavy (non-hydrogen) atoms. The molecule has 3 aliphatic heterocycles. The van der Waals surface area contributed by atoms with Gasteiger partial charge in [-0.1, -0.05) is 23.7 Å². The second-order valence-corrected chi connectivity index (χ2v) is 11.7. The van der Waals surface area contributed by atoms with Crippen LogP contribution in [0.2, 0.25) is 5.02 Å². The van der Waals surface area contributed by atoms with Crippen molar-refractivity contribution in [2.24, 2.45) is 0 Å². The molecule has 0 unspecified atom stereocenters. The molecule has 10 heteroatoms. The largest absolute Gasteiger partial charge is 0.451 e. The second-order valence-electron chi connectivity index (χ2n) is 11.2. The predicted octanol–water partition coefficient (Wildman–Crippen LogP) is 6.45. The first-order valence-electron chi connectivity index (χ1n) is 14.1. The third-order valence-electron chi connectivity index (χ3n) is 8.58. The number of benzene rings is 2. The van der Waals surface area contributed by atoms with Gasteiger partial charge in [-0.3, -0.25) is 4.90 Å². The van der Waals surface area contributed by atoms with Crippen LogP contribution in [0.3, 0.4) is 0 Å². The molecule has 2 aromatic heterocycles. The number of hydrogen-bond donors (Lipinski definition) is 0. The summed E-state index contributed by atoms with van der Waals surface area (Å²) in [7, 11) is 0. The summed E-state index contributed by atoms with van der Waals surface area (Å²) < 4.78 is 40.6. The third-order valence-corrected chi connectivity index (χ3v) is 8.81. The Morgan fingerprint density at radius 1 is 1.12 bits per heavy atom. The molecule has 2 fully saturated rings. The second kappa shape index (κ2) is 10.5. The summed E-state index contributed by atoms with van der Waals surface area (Å²) in [6.45, 7) is 8.04. The minimum absolute atomic E-state index is 0.229. The number of fused-ring (bicyclic) bond motifs is 1. The number of para-hydroxylation sites is 1. The summed E-state index contributed by atoms with van der Waals surface area (Å²) in [5.41, 5.74) is 4.12. The average Bonchev–Trinajstić information content (AvgIpc) is 3.65. The van der Waals surface area contributed by atoms with E-state index in [1.165, 1.54) is 12.5 Å². The summed E-state index contributed by atoms with van der Waals surface area (Å²) in [6, 6.07) is 10.5. The van der Waals surface area contributed by atoms with Crippen molar-refractivity contribution in [2.75, 3.05) is 19.7 Å². The Labute approximate surface area is 243 Å². The summed E-state index contributed by atoms with van der Waals surface area (Å²) in [5, 5.41) is 0.334. The van der Waals surface area contributed by atoms with Gasteiger partial charge in [-0.05, 0) is 69.5 Å². The Morgan fingerprint density at radius 2 is 1.95 bits per heavy atom. The van der Waals surface area contributed by atoms with Gasteiger partial charge in [-0.2, -0.15) is 0 Å². The van der Waals surface area contributed by atoms with Crippen LogP contribution < -0.4 is 9.47 Å². The van der Waals surface area contributed by atoms with E-state index in [0.29, 0.717) is 28.0 Å². The fourth-order valence-corrected chi connectivity index (χ4v) is 6.36. The van der Waals surface area contributed by atoms with Crippen LogP contribution in [0.1, 0.15) is 54.7 Å². The van der Waals surface area contributed by atoms with Crippen molar-refractivity contribution < 1.29 is 23.0 Å². The fourth-order valence-electron chi connectivity index (χ4n) is 6.20. The number of aromatic nitrogens is 3. The number of ether oxygens (including phenoxy) is 3. The van der Waals surface area contributed by atoms with Gasteiger partial charge in [-0.15, -0.1) is 0 Å². The molecular weight excluding hydrogens is 547 g/mol. The fraction of sp³-hybridized carbons (Fsp3) is 0.419. The van der Waals surface area contributed by atoms with Crippen molar-refractivity contribution >= 4 is 11.6 Å². The van der Waals surface area contributed by atoms with Gasteiger partial charge < -0.3 is 23.2 Å². The summed E-state index contributed by atoms with van der Waals surface area (Å²) >= 11 is 5.98. The van der Waals surface area contributed by atoms with Crippen LogP contribution in [0.5, 0.6) is 11.5 Å². The molecule has 8 nitrogen and oxygen atoms in total. The molecule has 0 amide bonds. The Balaban J connectivity index is 1.07. The Hall–Kier alpha value is -3.40. The van der Waals surface area contributed by atoms with E-state index in [2.05, 4.69) is 27.4 Å². The number of nitrogens with zero attached hydrogens (tertiary/aromatic N) is 4. The zero-order valence-corrected chi connectivity index (χ0v) is 23.9. The van der Waals surface area contributed by atoms with Crippen LogP contribution in [-0.2, 0) is 23.6 Å². The van der Waals surface area contributed by atoms with Crippen LogP contribution in [0.4, 0.5) is 4.39 Å². The van der Waals surface area contributed by atoms with Gasteiger partial charge in [0.15, 0.2) is 17.9 Å². The van der Waals surface area contributed by atoms with E-state index in [9.17, 15) is 4.39 Å². The van der Waals surface area contributed by atoms with Crippen LogP contribution in [0.25, 0.3) is 11.4 Å². The maximum Gasteiger partial charge on any atom is 0.278 e. The van der Waals surface area contributed by atoms with Gasteiger partial charge in [0.25, 0.3) is 5.79 Å². The Bertz CT molecular complexity index is 1560. The van der Waals surface area contributed by atoms with Crippen LogP contribution >= 0.6 is 11.6 Å². The number of imidazole rings is 1. The summed E-state index contributed by atoms with van der Waals surface area (Å²) in [5.74, 6) is 0.954. The Kier molecular flexibility index (Phi) is 6.76. The van der Waals surface area contributed by atoms with Crippen molar-refractivity contribution in [3.63, 3.8) is 0 Å². The van der Waals surface area contributed by atoms with Gasteiger partial charge >= 0.3 is 0 Å². The smallest absolute Gasteiger partial charge is 0.278 e. The lowest BCUT2D eigenvalue weighted by molar-refractivity contribution is -0.0712. The highest BCUT2D eigenvalue weighted by Crippen LogP contribution is 2.50. The van der Waals surface area contributed by atoms with Crippen LogP contribution in [-0.4, -0.2) is 45.2 Å². The molecule has 0 aliphatic carbocycles. The van der Waals surface area contributed by atoms with Gasteiger partial charge in [0.05, 0.1) is 24.8 Å². The van der Waals surface area contributed by atoms with Crippen molar-refractivity contribution in [1.82, 2.24) is 19.4 Å². The van der Waals surface area contributed by atoms with Crippen molar-refractivity contribution in [3.05, 3.63) is 82.5 Å². The number of hydrogen-bond acceptors (Lipinski definition) is 7. The molecule has 2 saturated heterocycles. The normalized spacial score (nSPS) is 22.7. The van der Waals surface area contributed by atoms with E-state index in [-0.39, 0.29) is 6.10 Å². The molecule has 5 heterocycles. The third kappa shape index (κ3) is 4.90. The van der Waals surface area contributed by atoms with Crippen LogP contribution in [0, 0.1) is 12.7 Å². The number of halogens is 2. The molecular formula is C31H32ClFN4O4. The number of likely N-dealkylation sites (tertiary alicyclic amines) is 1. The molecule has 2 atom stereocenters. The molecule has 7 rings (SSSR count). The lowest BCUT2D eigenvalue weighted by Gasteiger charge is -2.33. The molecule has 4 aromatic rings. The lowest BCUT2D eigenvalue weighted by atomic mass is 9.88. The van der Waals surface area contributed by atoms with E-state index in [0.717, 1.165) is 80.5 Å². The number of oxazole rings is 1. The highest BCUT2D eigenvalue weighted by atomic mass is 35.5. The first kappa shape index (κ1) is 26.5. The first-order chi connectivity index (χ1) is 19.9. The number of piperidine rings is 1. The number of rotatable bonds is 7. The SMILES string of the molecule is Cc1c(-c2cocn2)nc(CN2CCC(c3cccc4c3O[C@@](C)(c3ccc(Cl)cc3F)O4)CC2)n1C[C@@H]1CCO1. The highest BCUT2D eigenvalue weighted by Gasteiger charge is 2.43. The molecule has 0 radical (unpaired) electrons. The summed E-state index contributed by atoms with van der Waals surface area (Å²) in [6.07, 6.45) is 6.31. The van der Waals surface area contributed by atoms with E-state index < -0.39 is 11.6 Å². The maximum atomic E-state index is 14.8. The standard InChI is InChI=1S/C31H32ClFN4O4/c1-19-29(26-17-38-18-34-26)35-28(37(19)15-22-10-13-39-22)16-36-11-8-20(9-12-36)23-4-3-5-27-30(23)41-31(2,40-27)24-7-6-21(32)14-25(24)33/h3-7,14,17-18,20,22H,8-13,15-16H2,1-2H3/t22-,31-/m0/s1. The zero-order chi connectivity index (χ0) is 28.1. The average molecular weight is 579 g/mol. The van der Waals surface area contributed by atoms with E-state index in [1.807, 2.05) is 12.1 Å². The highest BCUT2D eigenvalue weighted by molar-refractivity contribution is 6.30. The first-order valence-corrected chi connectivity index (χ1v) is 14.5. The molecule has 214 valence electrons. The molecule has 2 aromatic carbocycles. The predicted molar refractivity (Wildman–Crippen MR) is 151 cm³/mol. The molecule has 0 bridgehead atoms. The Morgan fingerprint density at radius 3 is 2.66 bits per heavy atom. The monoisotopic (exact) mass is 578 g/mol. The van der Waals surface area contributed by atoms with Gasteiger partial charge in [-0.25, -0.2) is 14.4 Å². The van der Waals surface area contributed by atoms with E-state index in [1.54, 1.807) is 25.3 Å². The van der Waals surface area contributed by atoms with Crippen molar-refractivity contribution in [2.45, 2.75) is 64.0 Å². The van der Waals surface area contributed by atoms with Crippen molar-refractivity contribution in [1.29, 1.82) is 0 Å². The van der Waals surface area contributed by atoms with Crippen molar-refractivity contribution in [3.8, 4) is 22.9 Å².